The third kappa shape index (κ3) is 6.56. The Morgan fingerprint density at radius 2 is 1.70 bits per heavy atom. The molecule has 2 aromatic rings. The van der Waals surface area contributed by atoms with Gasteiger partial charge in [0.05, 0.1) is 25.2 Å². The summed E-state index contributed by atoms with van der Waals surface area (Å²) in [6, 6.07) is 13.5. The van der Waals surface area contributed by atoms with Gasteiger partial charge in [-0.3, -0.25) is 9.69 Å². The first-order valence-electron chi connectivity index (χ1n) is 10.8. The smallest absolute Gasteiger partial charge is 0.241 e. The van der Waals surface area contributed by atoms with Gasteiger partial charge in [0, 0.05) is 38.8 Å². The number of carbonyl (C=O) groups is 1. The number of nitrogens with zero attached hydrogens (tertiary/aromatic N) is 2. The highest BCUT2D eigenvalue weighted by molar-refractivity contribution is 7.89. The average molecular weight is 474 g/mol. The van der Waals surface area contributed by atoms with Crippen molar-refractivity contribution in [1.29, 1.82) is 0 Å². The molecule has 0 aromatic heterocycles. The molecule has 1 fully saturated rings. The highest BCUT2D eigenvalue weighted by atomic mass is 32.2. The van der Waals surface area contributed by atoms with Gasteiger partial charge in [0.25, 0.3) is 0 Å². The zero-order valence-corrected chi connectivity index (χ0v) is 20.0. The summed E-state index contributed by atoms with van der Waals surface area (Å²) in [7, 11) is -0.991. The second kappa shape index (κ2) is 11.3. The summed E-state index contributed by atoms with van der Waals surface area (Å²) in [5.74, 6) is 0.493. The molecule has 1 atom stereocenters. The highest BCUT2D eigenvalue weighted by Crippen LogP contribution is 2.29. The molecule has 0 unspecified atom stereocenters. The van der Waals surface area contributed by atoms with E-state index in [0.717, 1.165) is 25.2 Å². The van der Waals surface area contributed by atoms with Gasteiger partial charge in [0.1, 0.15) is 0 Å². The minimum Gasteiger partial charge on any atom is -0.493 e. The van der Waals surface area contributed by atoms with Gasteiger partial charge in [-0.05, 0) is 24.6 Å². The van der Waals surface area contributed by atoms with Gasteiger partial charge in [-0.25, -0.2) is 8.42 Å². The molecule has 1 N–H and O–H groups in total. The van der Waals surface area contributed by atoms with Gasteiger partial charge in [0.2, 0.25) is 15.9 Å². The number of hydrogen-bond acceptors (Lipinski definition) is 6. The Hall–Kier alpha value is -2.88. The number of rotatable bonds is 9. The van der Waals surface area contributed by atoms with Crippen molar-refractivity contribution in [3.8, 4) is 11.5 Å². The second-order valence-corrected chi connectivity index (χ2v) is 9.51. The lowest BCUT2D eigenvalue weighted by Crippen LogP contribution is -2.54. The van der Waals surface area contributed by atoms with Crippen LogP contribution in [0.3, 0.4) is 0 Å². The molecule has 33 heavy (non-hydrogen) atoms. The Kier molecular flexibility index (Phi) is 8.49. The minimum atomic E-state index is -3.90. The summed E-state index contributed by atoms with van der Waals surface area (Å²) in [5, 5.41) is 0. The van der Waals surface area contributed by atoms with Gasteiger partial charge in [-0.1, -0.05) is 42.5 Å². The van der Waals surface area contributed by atoms with Crippen LogP contribution in [-0.4, -0.2) is 77.1 Å². The maximum absolute atomic E-state index is 12.9. The Bertz CT molecular complexity index is 1060. The number of piperazine rings is 1. The lowest BCUT2D eigenvalue weighted by atomic mass is 10.2. The van der Waals surface area contributed by atoms with E-state index in [1.54, 1.807) is 11.8 Å². The van der Waals surface area contributed by atoms with Crippen molar-refractivity contribution >= 4 is 22.0 Å². The Morgan fingerprint density at radius 1 is 1.03 bits per heavy atom. The standard InChI is InChI=1S/C24H31N3O5S/c1-19(25-33(29,30)21-11-12-22(31-2)23(18-21)32-3)24(28)27-16-14-26(15-17-27)13-7-10-20-8-5-4-6-9-20/h4-12,18-19,25H,13-17H2,1-3H3/b10-7+/t19-/m1/s1. The molecule has 1 aliphatic heterocycles. The number of amides is 1. The number of hydrogen-bond donors (Lipinski definition) is 1. The largest absolute Gasteiger partial charge is 0.493 e. The van der Waals surface area contributed by atoms with E-state index >= 15 is 0 Å². The Morgan fingerprint density at radius 3 is 2.33 bits per heavy atom. The summed E-state index contributed by atoms with van der Waals surface area (Å²) in [6.07, 6.45) is 4.20. The number of carbonyl (C=O) groups excluding carboxylic acids is 1. The molecule has 1 saturated heterocycles. The van der Waals surface area contributed by atoms with Crippen molar-refractivity contribution in [2.45, 2.75) is 17.9 Å². The predicted octanol–water partition coefficient (Wildman–Crippen LogP) is 2.23. The quantitative estimate of drug-likeness (QED) is 0.601. The van der Waals surface area contributed by atoms with Gasteiger partial charge >= 0.3 is 0 Å². The summed E-state index contributed by atoms with van der Waals surface area (Å²) >= 11 is 0. The maximum atomic E-state index is 12.9. The number of ether oxygens (including phenoxy) is 2. The molecular formula is C24H31N3O5S. The molecule has 0 spiro atoms. The molecule has 0 aliphatic carbocycles. The van der Waals surface area contributed by atoms with Gasteiger partial charge in [-0.2, -0.15) is 4.72 Å². The first kappa shape index (κ1) is 24.8. The van der Waals surface area contributed by atoms with Crippen molar-refractivity contribution in [2.24, 2.45) is 0 Å². The van der Waals surface area contributed by atoms with Crippen LogP contribution in [0.25, 0.3) is 6.08 Å². The van der Waals surface area contributed by atoms with Crippen LogP contribution in [-0.2, 0) is 14.8 Å². The average Bonchev–Trinajstić information content (AvgIpc) is 2.84. The Balaban J connectivity index is 1.52. The van der Waals surface area contributed by atoms with E-state index in [9.17, 15) is 13.2 Å². The molecule has 8 nitrogen and oxygen atoms in total. The van der Waals surface area contributed by atoms with Crippen LogP contribution in [0.2, 0.25) is 0 Å². The monoisotopic (exact) mass is 473 g/mol. The van der Waals surface area contributed by atoms with Crippen molar-refractivity contribution in [1.82, 2.24) is 14.5 Å². The predicted molar refractivity (Wildman–Crippen MR) is 128 cm³/mol. The number of sulfonamides is 1. The third-order valence-corrected chi connectivity index (χ3v) is 7.06. The molecule has 178 valence electrons. The van der Waals surface area contributed by atoms with Crippen molar-refractivity contribution in [3.63, 3.8) is 0 Å². The summed E-state index contributed by atoms with van der Waals surface area (Å²) < 4.78 is 38.4. The number of methoxy groups -OCH3 is 2. The van der Waals surface area contributed by atoms with Crippen molar-refractivity contribution < 1.29 is 22.7 Å². The van der Waals surface area contributed by atoms with Crippen LogP contribution in [0.15, 0.2) is 59.5 Å². The molecule has 0 saturated carbocycles. The lowest BCUT2D eigenvalue weighted by molar-refractivity contribution is -0.134. The van der Waals surface area contributed by atoms with E-state index in [1.165, 1.54) is 32.4 Å². The molecule has 0 bridgehead atoms. The molecule has 2 aromatic carbocycles. The molecule has 1 amide bonds. The van der Waals surface area contributed by atoms with Gasteiger partial charge in [0.15, 0.2) is 11.5 Å². The number of nitrogens with one attached hydrogen (secondary N) is 1. The van der Waals surface area contributed by atoms with E-state index in [-0.39, 0.29) is 10.8 Å². The minimum absolute atomic E-state index is 0.00909. The van der Waals surface area contributed by atoms with Crippen LogP contribution in [0.4, 0.5) is 0 Å². The van der Waals surface area contributed by atoms with Crippen LogP contribution in [0.1, 0.15) is 12.5 Å². The van der Waals surface area contributed by atoms with Crippen molar-refractivity contribution in [2.75, 3.05) is 46.9 Å². The topological polar surface area (TPSA) is 88.2 Å². The van der Waals surface area contributed by atoms with Crippen molar-refractivity contribution in [3.05, 3.63) is 60.2 Å². The highest BCUT2D eigenvalue weighted by Gasteiger charge is 2.28. The summed E-state index contributed by atoms with van der Waals surface area (Å²) in [4.78, 5) is 16.8. The summed E-state index contributed by atoms with van der Waals surface area (Å²) in [6.45, 7) is 4.95. The van der Waals surface area contributed by atoms with E-state index in [1.807, 2.05) is 18.2 Å². The molecule has 1 heterocycles. The van der Waals surface area contributed by atoms with E-state index < -0.39 is 16.1 Å². The first-order valence-corrected chi connectivity index (χ1v) is 12.3. The van der Waals surface area contributed by atoms with Crippen LogP contribution in [0.5, 0.6) is 11.5 Å². The molecule has 1 aliphatic rings. The molecule has 3 rings (SSSR count). The zero-order chi connectivity index (χ0) is 23.8. The lowest BCUT2D eigenvalue weighted by Gasteiger charge is -2.35. The van der Waals surface area contributed by atoms with E-state index in [4.69, 9.17) is 9.47 Å². The first-order chi connectivity index (χ1) is 15.8. The van der Waals surface area contributed by atoms with Gasteiger partial charge in [-0.15, -0.1) is 0 Å². The van der Waals surface area contributed by atoms with E-state index in [2.05, 4.69) is 33.9 Å². The summed E-state index contributed by atoms with van der Waals surface area (Å²) in [5.41, 5.74) is 1.15. The molecular weight excluding hydrogens is 442 g/mol. The van der Waals surface area contributed by atoms with Crippen LogP contribution in [0, 0.1) is 0 Å². The fraction of sp³-hybridized carbons (Fsp3) is 0.375. The molecule has 0 radical (unpaired) electrons. The van der Waals surface area contributed by atoms with Crippen LogP contribution >= 0.6 is 0 Å². The normalized spacial score (nSPS) is 16.0. The van der Waals surface area contributed by atoms with Crippen LogP contribution < -0.4 is 14.2 Å². The SMILES string of the molecule is COc1ccc(S(=O)(=O)N[C@H](C)C(=O)N2CCN(C/C=C/c3ccccc3)CC2)cc1OC. The third-order valence-electron chi connectivity index (χ3n) is 5.53. The fourth-order valence-corrected chi connectivity index (χ4v) is 4.87. The van der Waals surface area contributed by atoms with E-state index in [0.29, 0.717) is 24.6 Å². The fourth-order valence-electron chi connectivity index (χ4n) is 3.66. The molecule has 9 heteroatoms. The maximum Gasteiger partial charge on any atom is 0.241 e. The Labute approximate surface area is 195 Å². The second-order valence-electron chi connectivity index (χ2n) is 7.80. The number of benzene rings is 2. The van der Waals surface area contributed by atoms with Gasteiger partial charge < -0.3 is 14.4 Å². The zero-order valence-electron chi connectivity index (χ0n) is 19.2.